The maximum absolute atomic E-state index is 13.2. The van der Waals surface area contributed by atoms with Crippen molar-refractivity contribution < 1.29 is 13.2 Å². The van der Waals surface area contributed by atoms with Gasteiger partial charge < -0.3 is 0 Å². The predicted molar refractivity (Wildman–Crippen MR) is 93.3 cm³/mol. The van der Waals surface area contributed by atoms with Crippen LogP contribution in [0, 0.1) is 34.8 Å². The van der Waals surface area contributed by atoms with Gasteiger partial charge in [0.1, 0.15) is 6.07 Å². The van der Waals surface area contributed by atoms with E-state index in [1.807, 2.05) is 6.08 Å². The summed E-state index contributed by atoms with van der Waals surface area (Å²) in [5, 5.41) is 8.30. The Hall–Kier alpha value is -2.02. The molecule has 1 fully saturated rings. The fraction of sp³-hybridized carbons (Fsp3) is 0.476. The molecule has 0 aromatic heterocycles. The Balaban J connectivity index is 1.64. The number of nitrogens with zero attached hydrogens (tertiary/aromatic N) is 1. The van der Waals surface area contributed by atoms with E-state index in [1.165, 1.54) is 50.0 Å². The van der Waals surface area contributed by atoms with Gasteiger partial charge in [-0.15, -0.1) is 0 Å². The summed E-state index contributed by atoms with van der Waals surface area (Å²) in [6, 6.07) is 5.61. The first-order chi connectivity index (χ1) is 12.1. The molecule has 0 atom stereocenters. The van der Waals surface area contributed by atoms with E-state index < -0.39 is 17.5 Å². The van der Waals surface area contributed by atoms with E-state index in [2.05, 4.69) is 0 Å². The van der Waals surface area contributed by atoms with Gasteiger partial charge in [0.25, 0.3) is 0 Å². The van der Waals surface area contributed by atoms with Crippen molar-refractivity contribution in [1.29, 1.82) is 5.26 Å². The smallest absolute Gasteiger partial charge is 0.199 e. The lowest BCUT2D eigenvalue weighted by Gasteiger charge is -2.28. The molecule has 0 aliphatic heterocycles. The summed E-state index contributed by atoms with van der Waals surface area (Å²) < 4.78 is 38.7. The van der Waals surface area contributed by atoms with E-state index in [1.54, 1.807) is 12.1 Å². The van der Waals surface area contributed by atoms with Gasteiger partial charge >= 0.3 is 0 Å². The molecular formula is C21H24F3N. The van der Waals surface area contributed by atoms with Crippen LogP contribution in [0.2, 0.25) is 0 Å². The Bertz CT molecular complexity index is 650. The Morgan fingerprint density at radius 2 is 1.76 bits per heavy atom. The number of halogens is 3. The number of hydrogen-bond donors (Lipinski definition) is 0. The van der Waals surface area contributed by atoms with E-state index in [-0.39, 0.29) is 0 Å². The lowest BCUT2D eigenvalue weighted by atomic mass is 9.78. The van der Waals surface area contributed by atoms with Gasteiger partial charge in [-0.05, 0) is 61.3 Å². The molecule has 134 valence electrons. The van der Waals surface area contributed by atoms with Crippen molar-refractivity contribution in [3.05, 3.63) is 59.5 Å². The molecule has 0 saturated heterocycles. The monoisotopic (exact) mass is 347 g/mol. The number of hydrogen-bond acceptors (Lipinski definition) is 1. The first-order valence-electron chi connectivity index (χ1n) is 8.95. The normalized spacial score (nSPS) is 21.4. The first kappa shape index (κ1) is 19.3. The Labute approximate surface area is 147 Å². The van der Waals surface area contributed by atoms with Crippen LogP contribution in [0.5, 0.6) is 0 Å². The van der Waals surface area contributed by atoms with Crippen molar-refractivity contribution in [2.24, 2.45) is 11.8 Å². The van der Waals surface area contributed by atoms with Crippen LogP contribution < -0.4 is 0 Å². The maximum Gasteiger partial charge on any atom is 0.199 e. The van der Waals surface area contributed by atoms with Gasteiger partial charge in [-0.1, -0.05) is 43.9 Å². The maximum atomic E-state index is 13.2. The quantitative estimate of drug-likeness (QED) is 0.412. The Kier molecular flexibility index (Phi) is 7.78. The molecule has 25 heavy (non-hydrogen) atoms. The number of nitriles is 1. The summed E-state index contributed by atoms with van der Waals surface area (Å²) in [5.41, 5.74) is 0.865. The van der Waals surface area contributed by atoms with Gasteiger partial charge in [0, 0.05) is 0 Å². The molecular weight excluding hydrogens is 323 g/mol. The average molecular weight is 347 g/mol. The van der Waals surface area contributed by atoms with Crippen molar-refractivity contribution in [2.45, 2.75) is 51.4 Å². The zero-order chi connectivity index (χ0) is 18.1. The van der Waals surface area contributed by atoms with E-state index in [9.17, 15) is 13.2 Å². The third-order valence-corrected chi connectivity index (χ3v) is 5.02. The van der Waals surface area contributed by atoms with Crippen molar-refractivity contribution in [2.75, 3.05) is 0 Å². The second-order valence-corrected chi connectivity index (χ2v) is 6.81. The van der Waals surface area contributed by atoms with Gasteiger partial charge in [-0.3, -0.25) is 0 Å². The van der Waals surface area contributed by atoms with Gasteiger partial charge in [0.05, 0.1) is 0 Å². The van der Waals surface area contributed by atoms with E-state index in [0.29, 0.717) is 11.8 Å². The largest absolute Gasteiger partial charge is 0.204 e. The average Bonchev–Trinajstić information content (AvgIpc) is 2.63. The molecule has 0 radical (unpaired) electrons. The van der Waals surface area contributed by atoms with Crippen LogP contribution in [-0.2, 0) is 6.42 Å². The molecule has 1 aromatic rings. The highest BCUT2D eigenvalue weighted by atomic mass is 19.2. The first-order valence-corrected chi connectivity index (χ1v) is 8.95. The summed E-state index contributed by atoms with van der Waals surface area (Å²) >= 11 is 0. The number of benzene rings is 1. The highest BCUT2D eigenvalue weighted by Gasteiger charge is 2.20. The molecule has 0 heterocycles. The summed E-state index contributed by atoms with van der Waals surface area (Å²) in [4.78, 5) is 0. The summed E-state index contributed by atoms with van der Waals surface area (Å²) in [7, 11) is 0. The fourth-order valence-electron chi connectivity index (χ4n) is 3.49. The molecule has 4 heteroatoms. The standard InChI is InChI=1S/C21H24F3N/c22-19(15-25)5-3-1-2-4-16-6-8-17(9-7-16)10-11-18-12-13-20(23)21(24)14-18/h1,3,5,12-14,16-17H,2,4,6-11H2/t16-,17-. The fourth-order valence-corrected chi connectivity index (χ4v) is 3.49. The minimum Gasteiger partial charge on any atom is -0.204 e. The van der Waals surface area contributed by atoms with E-state index in [4.69, 9.17) is 5.26 Å². The van der Waals surface area contributed by atoms with Gasteiger partial charge in [-0.25, -0.2) is 8.78 Å². The minimum atomic E-state index is -0.788. The zero-order valence-corrected chi connectivity index (χ0v) is 14.4. The minimum absolute atomic E-state index is 0.660. The molecule has 1 aromatic carbocycles. The summed E-state index contributed by atoms with van der Waals surface area (Å²) in [6.07, 6.45) is 13.3. The summed E-state index contributed by atoms with van der Waals surface area (Å²) in [5.74, 6) is -0.956. The second-order valence-electron chi connectivity index (χ2n) is 6.81. The van der Waals surface area contributed by atoms with Gasteiger partial charge in [-0.2, -0.15) is 9.65 Å². The number of rotatable bonds is 7. The highest BCUT2D eigenvalue weighted by molar-refractivity contribution is 5.19. The van der Waals surface area contributed by atoms with Crippen LogP contribution in [0.4, 0.5) is 13.2 Å². The molecule has 0 bridgehead atoms. The molecule has 0 N–H and O–H groups in total. The van der Waals surface area contributed by atoms with Crippen LogP contribution >= 0.6 is 0 Å². The number of aryl methyl sites for hydroxylation is 1. The number of allylic oxidation sites excluding steroid dienone is 4. The highest BCUT2D eigenvalue weighted by Crippen LogP contribution is 2.34. The van der Waals surface area contributed by atoms with Crippen LogP contribution in [0.15, 0.2) is 42.3 Å². The van der Waals surface area contributed by atoms with Crippen molar-refractivity contribution in [1.82, 2.24) is 0 Å². The summed E-state index contributed by atoms with van der Waals surface area (Å²) in [6.45, 7) is 0. The second kappa shape index (κ2) is 10.1. The van der Waals surface area contributed by atoms with Gasteiger partial charge in [0.2, 0.25) is 0 Å². The van der Waals surface area contributed by atoms with Crippen LogP contribution in [-0.4, -0.2) is 0 Å². The zero-order valence-electron chi connectivity index (χ0n) is 14.4. The molecule has 1 aliphatic rings. The van der Waals surface area contributed by atoms with Crippen molar-refractivity contribution in [3.63, 3.8) is 0 Å². The third-order valence-electron chi connectivity index (χ3n) is 5.02. The molecule has 0 unspecified atom stereocenters. The van der Waals surface area contributed by atoms with E-state index >= 15 is 0 Å². The van der Waals surface area contributed by atoms with Crippen LogP contribution in [0.1, 0.15) is 50.5 Å². The Morgan fingerprint density at radius 1 is 1.08 bits per heavy atom. The molecule has 2 rings (SSSR count). The Morgan fingerprint density at radius 3 is 2.40 bits per heavy atom. The van der Waals surface area contributed by atoms with Crippen LogP contribution in [0.3, 0.4) is 0 Å². The topological polar surface area (TPSA) is 23.8 Å². The van der Waals surface area contributed by atoms with Gasteiger partial charge in [0.15, 0.2) is 17.5 Å². The molecule has 1 saturated carbocycles. The lowest BCUT2D eigenvalue weighted by molar-refractivity contribution is 0.254. The van der Waals surface area contributed by atoms with Crippen LogP contribution in [0.25, 0.3) is 0 Å². The van der Waals surface area contributed by atoms with E-state index in [0.717, 1.165) is 31.2 Å². The SMILES string of the molecule is N#CC(F)=CC=CCC[C@H]1CC[C@H](CCc2ccc(F)c(F)c2)CC1. The molecule has 1 nitrogen and oxygen atoms in total. The van der Waals surface area contributed by atoms with Crippen molar-refractivity contribution >= 4 is 0 Å². The molecule has 0 amide bonds. The lowest BCUT2D eigenvalue weighted by Crippen LogP contribution is -2.15. The molecule has 0 spiro atoms. The predicted octanol–water partition coefficient (Wildman–Crippen LogP) is 6.42. The van der Waals surface area contributed by atoms with Crippen molar-refractivity contribution in [3.8, 4) is 6.07 Å². The molecule has 1 aliphatic carbocycles. The third kappa shape index (κ3) is 6.78.